The second-order valence-electron chi connectivity index (χ2n) is 6.85. The standard InChI is InChI=1S/C21H20N4O2S2/c1-2-5-15(6-3-1)18-11-22-21(25(18)12-17-7-4-9-26-17)29-14-19-23-20(27-24-19)16-8-10-28-13-16/h1-3,5-6,8,10-11,13,17H,4,7,9,12,14H2. The van der Waals surface area contributed by atoms with E-state index in [0.29, 0.717) is 17.5 Å². The quantitative estimate of drug-likeness (QED) is 0.383. The molecule has 0 radical (unpaired) electrons. The number of hydrogen-bond acceptors (Lipinski definition) is 7. The molecule has 6 nitrogen and oxygen atoms in total. The van der Waals surface area contributed by atoms with Gasteiger partial charge in [0.2, 0.25) is 0 Å². The Morgan fingerprint density at radius 2 is 2.10 bits per heavy atom. The highest BCUT2D eigenvalue weighted by Gasteiger charge is 2.21. The number of thioether (sulfide) groups is 1. The topological polar surface area (TPSA) is 66.0 Å². The Morgan fingerprint density at radius 3 is 2.90 bits per heavy atom. The van der Waals surface area contributed by atoms with Gasteiger partial charge < -0.3 is 13.8 Å². The van der Waals surface area contributed by atoms with E-state index >= 15 is 0 Å². The van der Waals surface area contributed by atoms with Crippen molar-refractivity contribution in [2.24, 2.45) is 0 Å². The van der Waals surface area contributed by atoms with Crippen LogP contribution in [0.15, 0.2) is 63.0 Å². The molecule has 0 bridgehead atoms. The molecule has 1 aromatic carbocycles. The highest BCUT2D eigenvalue weighted by molar-refractivity contribution is 7.98. The van der Waals surface area contributed by atoms with E-state index in [0.717, 1.165) is 48.0 Å². The molecular weight excluding hydrogens is 404 g/mol. The molecule has 1 saturated heterocycles. The zero-order chi connectivity index (χ0) is 19.5. The molecule has 148 valence electrons. The second kappa shape index (κ2) is 8.52. The predicted octanol–water partition coefficient (Wildman–Crippen LogP) is 5.13. The van der Waals surface area contributed by atoms with Crippen LogP contribution in [-0.2, 0) is 17.0 Å². The van der Waals surface area contributed by atoms with Crippen LogP contribution in [0.5, 0.6) is 0 Å². The minimum Gasteiger partial charge on any atom is -0.376 e. The Bertz CT molecular complexity index is 1050. The fourth-order valence-electron chi connectivity index (χ4n) is 3.43. The largest absolute Gasteiger partial charge is 0.376 e. The molecule has 1 aliphatic rings. The van der Waals surface area contributed by atoms with Crippen molar-refractivity contribution in [3.63, 3.8) is 0 Å². The molecular formula is C21H20N4O2S2. The Labute approximate surface area is 176 Å². The van der Waals surface area contributed by atoms with Gasteiger partial charge in [0.25, 0.3) is 5.89 Å². The van der Waals surface area contributed by atoms with Crippen molar-refractivity contribution in [3.8, 4) is 22.7 Å². The number of ether oxygens (including phenoxy) is 1. The van der Waals surface area contributed by atoms with Gasteiger partial charge in [0.05, 0.1) is 35.9 Å². The number of thiophene rings is 1. The molecule has 8 heteroatoms. The van der Waals surface area contributed by atoms with Gasteiger partial charge in [-0.05, 0) is 29.9 Å². The molecule has 1 unspecified atom stereocenters. The summed E-state index contributed by atoms with van der Waals surface area (Å²) >= 11 is 3.24. The van der Waals surface area contributed by atoms with Crippen molar-refractivity contribution in [3.05, 3.63) is 59.2 Å². The number of hydrogen-bond donors (Lipinski definition) is 0. The van der Waals surface area contributed by atoms with Crippen LogP contribution in [0.25, 0.3) is 22.7 Å². The Hall–Kier alpha value is -2.42. The second-order valence-corrected chi connectivity index (χ2v) is 8.58. The van der Waals surface area contributed by atoms with E-state index in [2.05, 4.69) is 39.0 Å². The molecule has 1 aliphatic heterocycles. The summed E-state index contributed by atoms with van der Waals surface area (Å²) in [7, 11) is 0. The van der Waals surface area contributed by atoms with Gasteiger partial charge in [-0.2, -0.15) is 16.3 Å². The summed E-state index contributed by atoms with van der Waals surface area (Å²) in [6, 6.07) is 12.3. The lowest BCUT2D eigenvalue weighted by Crippen LogP contribution is -2.16. The van der Waals surface area contributed by atoms with E-state index in [-0.39, 0.29) is 6.10 Å². The molecule has 0 aliphatic carbocycles. The Kier molecular flexibility index (Phi) is 5.47. The van der Waals surface area contributed by atoms with Crippen molar-refractivity contribution in [2.45, 2.75) is 36.4 Å². The summed E-state index contributed by atoms with van der Waals surface area (Å²) in [6.07, 6.45) is 4.39. The molecule has 0 saturated carbocycles. The van der Waals surface area contributed by atoms with Crippen molar-refractivity contribution in [1.29, 1.82) is 0 Å². The third kappa shape index (κ3) is 4.14. The first kappa shape index (κ1) is 18.6. The Morgan fingerprint density at radius 1 is 1.17 bits per heavy atom. The minimum absolute atomic E-state index is 0.237. The Balaban J connectivity index is 1.37. The lowest BCUT2D eigenvalue weighted by Gasteiger charge is -2.16. The smallest absolute Gasteiger partial charge is 0.258 e. The predicted molar refractivity (Wildman–Crippen MR) is 114 cm³/mol. The molecule has 4 heterocycles. The summed E-state index contributed by atoms with van der Waals surface area (Å²) in [5, 5.41) is 9.07. The van der Waals surface area contributed by atoms with E-state index in [1.54, 1.807) is 23.1 Å². The first-order chi connectivity index (χ1) is 14.4. The van der Waals surface area contributed by atoms with E-state index < -0.39 is 0 Å². The van der Waals surface area contributed by atoms with Gasteiger partial charge in [-0.3, -0.25) is 0 Å². The van der Waals surface area contributed by atoms with Crippen LogP contribution in [0.2, 0.25) is 0 Å². The summed E-state index contributed by atoms with van der Waals surface area (Å²) in [5.74, 6) is 1.84. The van der Waals surface area contributed by atoms with Gasteiger partial charge in [0.15, 0.2) is 11.0 Å². The van der Waals surface area contributed by atoms with Crippen LogP contribution in [0.3, 0.4) is 0 Å². The van der Waals surface area contributed by atoms with Crippen molar-refractivity contribution in [1.82, 2.24) is 19.7 Å². The summed E-state index contributed by atoms with van der Waals surface area (Å²) in [5.41, 5.74) is 3.23. The molecule has 0 spiro atoms. The normalized spacial score (nSPS) is 16.5. The maximum Gasteiger partial charge on any atom is 0.258 e. The molecule has 0 N–H and O–H groups in total. The third-order valence-electron chi connectivity index (χ3n) is 4.87. The van der Waals surface area contributed by atoms with Gasteiger partial charge in [-0.15, -0.1) is 0 Å². The van der Waals surface area contributed by atoms with E-state index in [4.69, 9.17) is 14.2 Å². The van der Waals surface area contributed by atoms with E-state index in [9.17, 15) is 0 Å². The van der Waals surface area contributed by atoms with Gasteiger partial charge in [-0.1, -0.05) is 47.3 Å². The van der Waals surface area contributed by atoms with Crippen molar-refractivity contribution < 1.29 is 9.26 Å². The number of imidazole rings is 1. The first-order valence-corrected chi connectivity index (χ1v) is 11.5. The van der Waals surface area contributed by atoms with Crippen LogP contribution >= 0.6 is 23.1 Å². The van der Waals surface area contributed by atoms with Crippen molar-refractivity contribution in [2.75, 3.05) is 6.61 Å². The minimum atomic E-state index is 0.237. The average Bonchev–Trinajstić information content (AvgIpc) is 3.55. The maximum absolute atomic E-state index is 5.88. The maximum atomic E-state index is 5.88. The van der Waals surface area contributed by atoms with Gasteiger partial charge in [0.1, 0.15) is 0 Å². The van der Waals surface area contributed by atoms with Gasteiger partial charge in [0, 0.05) is 12.0 Å². The molecule has 1 atom stereocenters. The molecule has 3 aromatic heterocycles. The van der Waals surface area contributed by atoms with Crippen LogP contribution in [0.4, 0.5) is 0 Å². The number of aromatic nitrogens is 4. The molecule has 1 fully saturated rings. The zero-order valence-corrected chi connectivity index (χ0v) is 17.4. The SMILES string of the molecule is c1ccc(-c2cnc(SCc3noc(-c4ccsc4)n3)n2CC2CCCO2)cc1. The monoisotopic (exact) mass is 424 g/mol. The van der Waals surface area contributed by atoms with Gasteiger partial charge in [-0.25, -0.2) is 4.98 Å². The highest BCUT2D eigenvalue weighted by Crippen LogP contribution is 2.30. The number of rotatable bonds is 7. The fraction of sp³-hybridized carbons (Fsp3) is 0.286. The highest BCUT2D eigenvalue weighted by atomic mass is 32.2. The third-order valence-corrected chi connectivity index (χ3v) is 6.54. The zero-order valence-electron chi connectivity index (χ0n) is 15.7. The molecule has 5 rings (SSSR count). The lowest BCUT2D eigenvalue weighted by molar-refractivity contribution is 0.0954. The first-order valence-electron chi connectivity index (χ1n) is 9.57. The summed E-state index contributed by atoms with van der Waals surface area (Å²) in [6.45, 7) is 1.65. The number of benzene rings is 1. The van der Waals surface area contributed by atoms with Crippen LogP contribution in [-0.4, -0.2) is 32.4 Å². The molecule has 29 heavy (non-hydrogen) atoms. The van der Waals surface area contributed by atoms with Crippen molar-refractivity contribution >= 4 is 23.1 Å². The molecule has 4 aromatic rings. The summed E-state index contributed by atoms with van der Waals surface area (Å²) < 4.78 is 13.5. The van der Waals surface area contributed by atoms with Crippen LogP contribution < -0.4 is 0 Å². The fourth-order valence-corrected chi connectivity index (χ4v) is 4.89. The van der Waals surface area contributed by atoms with Crippen LogP contribution in [0.1, 0.15) is 18.7 Å². The van der Waals surface area contributed by atoms with E-state index in [1.807, 2.05) is 29.1 Å². The average molecular weight is 425 g/mol. The lowest BCUT2D eigenvalue weighted by atomic mass is 10.1. The van der Waals surface area contributed by atoms with Gasteiger partial charge >= 0.3 is 0 Å². The van der Waals surface area contributed by atoms with Crippen LogP contribution in [0, 0.1) is 0 Å². The summed E-state index contributed by atoms with van der Waals surface area (Å²) in [4.78, 5) is 9.20. The number of nitrogens with zero attached hydrogens (tertiary/aromatic N) is 4. The van der Waals surface area contributed by atoms with E-state index in [1.165, 1.54) is 0 Å². The molecule has 0 amide bonds.